The molecule has 0 aliphatic rings. The Balaban J connectivity index is 2.84. The Kier molecular flexibility index (Phi) is 5.49. The molecule has 0 N–H and O–H groups in total. The van der Waals surface area contributed by atoms with Gasteiger partial charge in [0.1, 0.15) is 12.0 Å². The number of ether oxygens (including phenoxy) is 1. The second-order valence-corrected chi connectivity index (χ2v) is 5.46. The fourth-order valence-electron chi connectivity index (χ4n) is 1.13. The molecule has 0 saturated heterocycles. The van der Waals surface area contributed by atoms with Crippen molar-refractivity contribution in [1.82, 2.24) is 0 Å². The maximum Gasteiger partial charge on any atom is 0.150 e. The molecule has 88 valence electrons. The molecule has 1 atom stereocenters. The van der Waals surface area contributed by atoms with Gasteiger partial charge in [-0.05, 0) is 49.9 Å². The van der Waals surface area contributed by atoms with Crippen LogP contribution in [0, 0.1) is 5.92 Å². The molecule has 2 nitrogen and oxygen atoms in total. The zero-order valence-electron chi connectivity index (χ0n) is 9.30. The summed E-state index contributed by atoms with van der Waals surface area (Å²) in [7, 11) is 0. The van der Waals surface area contributed by atoms with Crippen LogP contribution >= 0.6 is 31.9 Å². The van der Waals surface area contributed by atoms with Crippen molar-refractivity contribution in [2.24, 2.45) is 5.92 Å². The smallest absolute Gasteiger partial charge is 0.150 e. The van der Waals surface area contributed by atoms with Crippen LogP contribution in [0.2, 0.25) is 0 Å². The first-order valence-corrected chi connectivity index (χ1v) is 6.74. The molecule has 0 spiro atoms. The average Bonchev–Trinajstić information content (AvgIpc) is 2.27. The normalized spacial score (nSPS) is 12.2. The lowest BCUT2D eigenvalue weighted by atomic mass is 10.1. The standard InChI is InChI=1S/C12H14Br2O2/c1-3-8(2)7-16-12-10(13)4-9(6-15)5-11(12)14/h4-6,8H,3,7H2,1-2H3. The lowest BCUT2D eigenvalue weighted by molar-refractivity contribution is 0.112. The van der Waals surface area contributed by atoms with Gasteiger partial charge in [0.2, 0.25) is 0 Å². The van der Waals surface area contributed by atoms with Gasteiger partial charge in [0.15, 0.2) is 0 Å². The van der Waals surface area contributed by atoms with Gasteiger partial charge < -0.3 is 4.74 Å². The van der Waals surface area contributed by atoms with Crippen LogP contribution in [0.5, 0.6) is 5.75 Å². The molecule has 0 aliphatic carbocycles. The quantitative estimate of drug-likeness (QED) is 0.734. The van der Waals surface area contributed by atoms with E-state index in [1.807, 2.05) is 0 Å². The Bertz CT molecular complexity index is 354. The van der Waals surface area contributed by atoms with Gasteiger partial charge >= 0.3 is 0 Å². The lowest BCUT2D eigenvalue weighted by Gasteiger charge is -2.14. The largest absolute Gasteiger partial charge is 0.491 e. The number of rotatable bonds is 5. The van der Waals surface area contributed by atoms with Crippen LogP contribution in [0.15, 0.2) is 21.1 Å². The van der Waals surface area contributed by atoms with Crippen molar-refractivity contribution >= 4 is 38.1 Å². The zero-order chi connectivity index (χ0) is 12.1. The summed E-state index contributed by atoms with van der Waals surface area (Å²) in [4.78, 5) is 10.7. The van der Waals surface area contributed by atoms with E-state index in [2.05, 4.69) is 45.7 Å². The number of halogens is 2. The van der Waals surface area contributed by atoms with Gasteiger partial charge in [-0.1, -0.05) is 20.3 Å². The predicted octanol–water partition coefficient (Wildman–Crippen LogP) is 4.45. The number of hydrogen-bond donors (Lipinski definition) is 0. The number of carbonyl (C=O) groups excluding carboxylic acids is 1. The first-order chi connectivity index (χ1) is 7.58. The molecule has 4 heteroatoms. The van der Waals surface area contributed by atoms with Crippen LogP contribution in [-0.2, 0) is 0 Å². The Hall–Kier alpha value is -0.350. The van der Waals surface area contributed by atoms with Crippen molar-refractivity contribution in [3.05, 3.63) is 26.6 Å². The molecule has 1 unspecified atom stereocenters. The van der Waals surface area contributed by atoms with Crippen molar-refractivity contribution in [3.8, 4) is 5.75 Å². The predicted molar refractivity (Wildman–Crippen MR) is 72.2 cm³/mol. The topological polar surface area (TPSA) is 26.3 Å². The highest BCUT2D eigenvalue weighted by Gasteiger charge is 2.10. The minimum atomic E-state index is 0.518. The summed E-state index contributed by atoms with van der Waals surface area (Å²) in [6.07, 6.45) is 1.90. The highest BCUT2D eigenvalue weighted by Crippen LogP contribution is 2.34. The van der Waals surface area contributed by atoms with E-state index in [0.29, 0.717) is 18.1 Å². The summed E-state index contributed by atoms with van der Waals surface area (Å²) in [6, 6.07) is 3.51. The number of aldehydes is 1. The number of hydrogen-bond acceptors (Lipinski definition) is 2. The van der Waals surface area contributed by atoms with E-state index in [0.717, 1.165) is 27.4 Å². The molecule has 0 radical (unpaired) electrons. The zero-order valence-corrected chi connectivity index (χ0v) is 12.5. The van der Waals surface area contributed by atoms with Gasteiger partial charge in [0, 0.05) is 5.56 Å². The minimum Gasteiger partial charge on any atom is -0.491 e. The molecular formula is C12H14Br2O2. The Morgan fingerprint density at radius 3 is 2.38 bits per heavy atom. The summed E-state index contributed by atoms with van der Waals surface area (Å²) in [5.74, 6) is 1.27. The summed E-state index contributed by atoms with van der Waals surface area (Å²) in [6.45, 7) is 4.95. The highest BCUT2D eigenvalue weighted by molar-refractivity contribution is 9.11. The summed E-state index contributed by atoms with van der Waals surface area (Å²) in [5.41, 5.74) is 0.620. The van der Waals surface area contributed by atoms with Gasteiger partial charge in [-0.25, -0.2) is 0 Å². The molecule has 1 aromatic rings. The molecule has 0 fully saturated rings. The molecule has 0 aromatic heterocycles. The number of carbonyl (C=O) groups is 1. The summed E-state index contributed by atoms with van der Waals surface area (Å²) in [5, 5.41) is 0. The SMILES string of the molecule is CCC(C)COc1c(Br)cc(C=O)cc1Br. The number of benzene rings is 1. The molecule has 0 aliphatic heterocycles. The third kappa shape index (κ3) is 3.59. The summed E-state index contributed by atoms with van der Waals surface area (Å²) < 4.78 is 7.31. The van der Waals surface area contributed by atoms with Crippen LogP contribution in [0.1, 0.15) is 30.6 Å². The van der Waals surface area contributed by atoms with Crippen molar-refractivity contribution in [1.29, 1.82) is 0 Å². The molecule has 0 heterocycles. The Labute approximate surface area is 113 Å². The van der Waals surface area contributed by atoms with E-state index in [9.17, 15) is 4.79 Å². The van der Waals surface area contributed by atoms with Crippen molar-refractivity contribution in [3.63, 3.8) is 0 Å². The second kappa shape index (κ2) is 6.40. The van der Waals surface area contributed by atoms with Crippen molar-refractivity contribution in [2.75, 3.05) is 6.61 Å². The van der Waals surface area contributed by atoms with E-state index in [1.54, 1.807) is 12.1 Å². The van der Waals surface area contributed by atoms with Crippen molar-refractivity contribution < 1.29 is 9.53 Å². The van der Waals surface area contributed by atoms with E-state index in [1.165, 1.54) is 0 Å². The molecule has 0 amide bonds. The average molecular weight is 350 g/mol. The van der Waals surface area contributed by atoms with Crippen LogP contribution in [-0.4, -0.2) is 12.9 Å². The van der Waals surface area contributed by atoms with Crippen LogP contribution in [0.25, 0.3) is 0 Å². The van der Waals surface area contributed by atoms with Crippen LogP contribution in [0.4, 0.5) is 0 Å². The molecule has 0 saturated carbocycles. The van der Waals surface area contributed by atoms with Gasteiger partial charge in [0.25, 0.3) is 0 Å². The molecular weight excluding hydrogens is 336 g/mol. The van der Waals surface area contributed by atoms with Crippen LogP contribution < -0.4 is 4.74 Å². The third-order valence-corrected chi connectivity index (χ3v) is 3.54. The van der Waals surface area contributed by atoms with Crippen LogP contribution in [0.3, 0.4) is 0 Å². The van der Waals surface area contributed by atoms with Gasteiger partial charge in [-0.2, -0.15) is 0 Å². The maximum atomic E-state index is 10.7. The van der Waals surface area contributed by atoms with E-state index >= 15 is 0 Å². The van der Waals surface area contributed by atoms with E-state index < -0.39 is 0 Å². The second-order valence-electron chi connectivity index (χ2n) is 3.76. The summed E-state index contributed by atoms with van der Waals surface area (Å²) >= 11 is 6.79. The van der Waals surface area contributed by atoms with E-state index in [4.69, 9.17) is 4.74 Å². The van der Waals surface area contributed by atoms with Gasteiger partial charge in [0.05, 0.1) is 15.6 Å². The Morgan fingerprint density at radius 1 is 1.38 bits per heavy atom. The first kappa shape index (κ1) is 13.7. The first-order valence-electron chi connectivity index (χ1n) is 5.15. The molecule has 1 rings (SSSR count). The molecule has 16 heavy (non-hydrogen) atoms. The Morgan fingerprint density at radius 2 is 1.94 bits per heavy atom. The fourth-order valence-corrected chi connectivity index (χ4v) is 2.58. The highest BCUT2D eigenvalue weighted by atomic mass is 79.9. The maximum absolute atomic E-state index is 10.7. The molecule has 0 bridgehead atoms. The van der Waals surface area contributed by atoms with Gasteiger partial charge in [-0.15, -0.1) is 0 Å². The fraction of sp³-hybridized carbons (Fsp3) is 0.417. The molecule has 1 aromatic carbocycles. The third-order valence-electron chi connectivity index (χ3n) is 2.37. The van der Waals surface area contributed by atoms with E-state index in [-0.39, 0.29) is 0 Å². The van der Waals surface area contributed by atoms with Gasteiger partial charge in [-0.3, -0.25) is 4.79 Å². The minimum absolute atomic E-state index is 0.518. The van der Waals surface area contributed by atoms with Crippen molar-refractivity contribution in [2.45, 2.75) is 20.3 Å². The lowest BCUT2D eigenvalue weighted by Crippen LogP contribution is -2.08. The monoisotopic (exact) mass is 348 g/mol.